The van der Waals surface area contributed by atoms with Gasteiger partial charge in [0.2, 0.25) is 0 Å². The summed E-state index contributed by atoms with van der Waals surface area (Å²) in [5.41, 5.74) is 9.14. The first-order valence-electron chi connectivity index (χ1n) is 7.61. The molecule has 122 valence electrons. The van der Waals surface area contributed by atoms with Crippen molar-refractivity contribution in [1.82, 2.24) is 9.97 Å². The number of aliphatic imine (C=N–C) groups is 1. The van der Waals surface area contributed by atoms with Gasteiger partial charge in [-0.15, -0.1) is 0 Å². The highest BCUT2D eigenvalue weighted by atomic mass is 35.5. The molecule has 1 aliphatic rings. The van der Waals surface area contributed by atoms with Gasteiger partial charge in [0, 0.05) is 56.2 Å². The molecule has 0 aliphatic carbocycles. The Bertz CT molecular complexity index is 746. The van der Waals surface area contributed by atoms with Crippen molar-refractivity contribution in [2.45, 2.75) is 18.9 Å². The number of anilines is 1. The molecule has 3 heterocycles. The van der Waals surface area contributed by atoms with E-state index < -0.39 is 0 Å². The van der Waals surface area contributed by atoms with Crippen molar-refractivity contribution in [3.8, 4) is 0 Å². The Labute approximate surface area is 139 Å². The summed E-state index contributed by atoms with van der Waals surface area (Å²) < 4.78 is 5.36. The number of fused-ring (bicyclic) bond motifs is 1. The van der Waals surface area contributed by atoms with Gasteiger partial charge in [-0.05, 0) is 12.8 Å². The molecule has 3 rings (SSSR count). The second-order valence-corrected chi connectivity index (χ2v) is 5.81. The Morgan fingerprint density at radius 2 is 2.30 bits per heavy atom. The quantitative estimate of drug-likeness (QED) is 0.751. The first-order valence-corrected chi connectivity index (χ1v) is 7.99. The third kappa shape index (κ3) is 3.18. The van der Waals surface area contributed by atoms with Crippen LogP contribution in [0.15, 0.2) is 23.6 Å². The smallest absolute Gasteiger partial charge is 0.140 e. The van der Waals surface area contributed by atoms with Gasteiger partial charge in [-0.25, -0.2) is 4.98 Å². The summed E-state index contributed by atoms with van der Waals surface area (Å²) in [5, 5.41) is 4.67. The molecule has 0 spiro atoms. The second kappa shape index (κ2) is 7.02. The van der Waals surface area contributed by atoms with Crippen LogP contribution in [-0.2, 0) is 4.74 Å². The van der Waals surface area contributed by atoms with E-state index in [1.54, 1.807) is 18.6 Å². The third-order valence-electron chi connectivity index (χ3n) is 4.01. The minimum atomic E-state index is 0.282. The molecule has 0 unspecified atom stereocenters. The highest BCUT2D eigenvalue weighted by Crippen LogP contribution is 2.34. The van der Waals surface area contributed by atoms with Crippen LogP contribution in [0.3, 0.4) is 0 Å². The lowest BCUT2D eigenvalue weighted by Gasteiger charge is -2.18. The van der Waals surface area contributed by atoms with Crippen LogP contribution in [0.4, 0.5) is 5.69 Å². The van der Waals surface area contributed by atoms with E-state index in [-0.39, 0.29) is 6.04 Å². The fraction of sp³-hybridized carbons (Fsp3) is 0.375. The average Bonchev–Trinajstić information content (AvgIpc) is 2.97. The molecule has 0 aromatic carbocycles. The number of allylic oxidation sites excluding steroid dienone is 1. The maximum Gasteiger partial charge on any atom is 0.140 e. The molecule has 4 N–H and O–H groups in total. The fourth-order valence-corrected chi connectivity index (χ4v) is 3.00. The molecule has 0 radical (unpaired) electrons. The molecule has 0 bridgehead atoms. The Kier molecular flexibility index (Phi) is 4.83. The molecule has 2 aromatic rings. The SMILES string of the molecule is CNc1c(C(C=NC2CCOCC2)=CN)cnc2[nH]cc(Cl)c12. The highest BCUT2D eigenvalue weighted by molar-refractivity contribution is 6.37. The van der Waals surface area contributed by atoms with E-state index in [1.165, 1.54) is 0 Å². The molecule has 1 saturated heterocycles. The fourth-order valence-electron chi connectivity index (χ4n) is 2.76. The first-order chi connectivity index (χ1) is 11.2. The molecule has 6 nitrogen and oxygen atoms in total. The van der Waals surface area contributed by atoms with E-state index in [2.05, 4.69) is 20.3 Å². The predicted octanol–water partition coefficient (Wildman–Crippen LogP) is 2.81. The zero-order valence-corrected chi connectivity index (χ0v) is 13.7. The number of pyridine rings is 1. The maximum absolute atomic E-state index is 6.27. The number of H-pyrrole nitrogens is 1. The van der Waals surface area contributed by atoms with Crippen LogP contribution in [-0.4, -0.2) is 42.5 Å². The van der Waals surface area contributed by atoms with Crippen LogP contribution in [0.2, 0.25) is 5.02 Å². The molecule has 0 amide bonds. The largest absolute Gasteiger partial charge is 0.404 e. The van der Waals surface area contributed by atoms with Crippen molar-refractivity contribution in [2.24, 2.45) is 10.7 Å². The predicted molar refractivity (Wildman–Crippen MR) is 95.1 cm³/mol. The molecule has 23 heavy (non-hydrogen) atoms. The Balaban J connectivity index is 1.96. The lowest BCUT2D eigenvalue weighted by Crippen LogP contribution is -2.18. The number of aromatic amines is 1. The highest BCUT2D eigenvalue weighted by Gasteiger charge is 2.15. The van der Waals surface area contributed by atoms with E-state index >= 15 is 0 Å². The van der Waals surface area contributed by atoms with Crippen LogP contribution in [0.5, 0.6) is 0 Å². The number of nitrogens with two attached hydrogens (primary N) is 1. The van der Waals surface area contributed by atoms with E-state index in [0.29, 0.717) is 5.02 Å². The van der Waals surface area contributed by atoms with Crippen molar-refractivity contribution < 1.29 is 4.74 Å². The van der Waals surface area contributed by atoms with Crippen molar-refractivity contribution >= 4 is 40.1 Å². The summed E-state index contributed by atoms with van der Waals surface area (Å²) >= 11 is 6.27. The summed E-state index contributed by atoms with van der Waals surface area (Å²) in [6, 6.07) is 0.282. The molecule has 2 aromatic heterocycles. The third-order valence-corrected chi connectivity index (χ3v) is 4.31. The summed E-state index contributed by atoms with van der Waals surface area (Å²) in [6.45, 7) is 1.52. The van der Waals surface area contributed by atoms with Crippen LogP contribution in [0.25, 0.3) is 16.6 Å². The molecule has 0 atom stereocenters. The zero-order chi connectivity index (χ0) is 16.2. The summed E-state index contributed by atoms with van der Waals surface area (Å²) in [5.74, 6) is 0. The molecule has 7 heteroatoms. The Morgan fingerprint density at radius 1 is 1.52 bits per heavy atom. The molecular formula is C16H20ClN5O. The first kappa shape index (κ1) is 15.8. The summed E-state index contributed by atoms with van der Waals surface area (Å²) in [4.78, 5) is 12.1. The lowest BCUT2D eigenvalue weighted by molar-refractivity contribution is 0.0872. The van der Waals surface area contributed by atoms with Crippen LogP contribution >= 0.6 is 11.6 Å². The normalized spacial score (nSPS) is 17.2. The number of hydrogen-bond donors (Lipinski definition) is 3. The monoisotopic (exact) mass is 333 g/mol. The van der Waals surface area contributed by atoms with Gasteiger partial charge in [0.15, 0.2) is 0 Å². The second-order valence-electron chi connectivity index (χ2n) is 5.40. The van der Waals surface area contributed by atoms with Crippen LogP contribution < -0.4 is 11.1 Å². The molecule has 1 aliphatic heterocycles. The number of hydrogen-bond acceptors (Lipinski definition) is 5. The summed E-state index contributed by atoms with van der Waals surface area (Å²) in [6.07, 6.45) is 8.75. The van der Waals surface area contributed by atoms with E-state index in [9.17, 15) is 0 Å². The Morgan fingerprint density at radius 3 is 3.00 bits per heavy atom. The molecular weight excluding hydrogens is 314 g/mol. The number of nitrogens with one attached hydrogen (secondary N) is 2. The van der Waals surface area contributed by atoms with Crippen molar-refractivity contribution in [1.29, 1.82) is 0 Å². The number of ether oxygens (including phenoxy) is 1. The number of halogens is 1. The molecule has 0 saturated carbocycles. The van der Waals surface area contributed by atoms with E-state index in [1.807, 2.05) is 13.3 Å². The van der Waals surface area contributed by atoms with E-state index in [4.69, 9.17) is 22.1 Å². The van der Waals surface area contributed by atoms with Gasteiger partial charge in [0.1, 0.15) is 5.65 Å². The minimum absolute atomic E-state index is 0.282. The van der Waals surface area contributed by atoms with Crippen LogP contribution in [0.1, 0.15) is 18.4 Å². The van der Waals surface area contributed by atoms with Gasteiger partial charge in [-0.2, -0.15) is 0 Å². The minimum Gasteiger partial charge on any atom is -0.404 e. The lowest BCUT2D eigenvalue weighted by atomic mass is 10.1. The topological polar surface area (TPSA) is 88.3 Å². The van der Waals surface area contributed by atoms with E-state index in [0.717, 1.165) is 53.9 Å². The van der Waals surface area contributed by atoms with Crippen LogP contribution in [0, 0.1) is 0 Å². The number of aromatic nitrogens is 2. The van der Waals surface area contributed by atoms with Crippen molar-refractivity contribution in [3.05, 3.63) is 29.2 Å². The van der Waals surface area contributed by atoms with Crippen molar-refractivity contribution in [2.75, 3.05) is 25.6 Å². The van der Waals surface area contributed by atoms with Crippen molar-refractivity contribution in [3.63, 3.8) is 0 Å². The van der Waals surface area contributed by atoms with Gasteiger partial charge in [-0.1, -0.05) is 11.6 Å². The summed E-state index contributed by atoms with van der Waals surface area (Å²) in [7, 11) is 1.85. The van der Waals surface area contributed by atoms with Gasteiger partial charge < -0.3 is 20.8 Å². The van der Waals surface area contributed by atoms with Gasteiger partial charge >= 0.3 is 0 Å². The zero-order valence-electron chi connectivity index (χ0n) is 13.0. The average molecular weight is 334 g/mol. The Hall–Kier alpha value is -2.05. The standard InChI is InChI=1S/C16H20ClN5O/c1-19-15-12(8-21-16-14(15)13(17)9-22-16)10(6-18)7-20-11-2-4-23-5-3-11/h6-9,11H,2-5,18H2,1H3,(H2,19,21,22). The number of rotatable bonds is 4. The van der Waals surface area contributed by atoms with Gasteiger partial charge in [0.05, 0.1) is 22.1 Å². The number of nitrogens with zero attached hydrogens (tertiary/aromatic N) is 2. The van der Waals surface area contributed by atoms with Gasteiger partial charge in [0.25, 0.3) is 0 Å². The molecule has 1 fully saturated rings. The maximum atomic E-state index is 6.27. The van der Waals surface area contributed by atoms with Gasteiger partial charge in [-0.3, -0.25) is 4.99 Å².